The van der Waals surface area contributed by atoms with Crippen LogP contribution in [-0.2, 0) is 4.79 Å². The molecule has 3 heterocycles. The first-order valence-electron chi connectivity index (χ1n) is 10.5. The number of aryl methyl sites for hydroxylation is 2. The van der Waals surface area contributed by atoms with Gasteiger partial charge in [-0.1, -0.05) is 30.3 Å². The smallest absolute Gasteiger partial charge is 0.246 e. The van der Waals surface area contributed by atoms with E-state index in [9.17, 15) is 4.79 Å². The van der Waals surface area contributed by atoms with E-state index in [1.165, 1.54) is 0 Å². The maximum atomic E-state index is 12.8. The molecule has 1 aromatic carbocycles. The molecule has 7 nitrogen and oxygen atoms in total. The van der Waals surface area contributed by atoms with Crippen molar-refractivity contribution >= 4 is 23.7 Å². The molecule has 0 bridgehead atoms. The minimum absolute atomic E-state index is 0.0181. The van der Waals surface area contributed by atoms with Crippen LogP contribution in [0.5, 0.6) is 0 Å². The van der Waals surface area contributed by atoms with Crippen LogP contribution >= 0.6 is 0 Å². The largest absolute Gasteiger partial charge is 0.338 e. The molecule has 3 aromatic rings. The number of carbonyl (C=O) groups excluding carboxylic acids is 1. The van der Waals surface area contributed by atoms with Gasteiger partial charge in [0.2, 0.25) is 11.9 Å². The Morgan fingerprint density at radius 2 is 1.84 bits per heavy atom. The van der Waals surface area contributed by atoms with Gasteiger partial charge in [-0.25, -0.2) is 15.0 Å². The van der Waals surface area contributed by atoms with Crippen molar-refractivity contribution in [3.05, 3.63) is 77.5 Å². The second-order valence-corrected chi connectivity index (χ2v) is 7.76. The lowest BCUT2D eigenvalue weighted by Gasteiger charge is -2.32. The fourth-order valence-corrected chi connectivity index (χ4v) is 3.87. The number of anilines is 2. The van der Waals surface area contributed by atoms with Crippen molar-refractivity contribution in [1.29, 1.82) is 0 Å². The number of nitrogens with zero attached hydrogens (tertiary/aromatic N) is 5. The molecular formula is C24H26N6O. The van der Waals surface area contributed by atoms with E-state index < -0.39 is 0 Å². The van der Waals surface area contributed by atoms with Crippen molar-refractivity contribution in [3.8, 4) is 0 Å². The van der Waals surface area contributed by atoms with Crippen LogP contribution in [-0.4, -0.2) is 43.8 Å². The molecule has 0 unspecified atom stereocenters. The summed E-state index contributed by atoms with van der Waals surface area (Å²) >= 11 is 0. The van der Waals surface area contributed by atoms with E-state index in [1.807, 2.05) is 61.2 Å². The average molecular weight is 415 g/mol. The lowest BCUT2D eigenvalue weighted by Crippen LogP contribution is -2.38. The third-order valence-electron chi connectivity index (χ3n) is 5.28. The molecule has 7 heteroatoms. The number of carbonyl (C=O) groups is 1. The molecule has 0 spiro atoms. The van der Waals surface area contributed by atoms with E-state index in [0.29, 0.717) is 18.3 Å². The highest BCUT2D eigenvalue weighted by molar-refractivity contribution is 5.91. The summed E-state index contributed by atoms with van der Waals surface area (Å²) in [4.78, 5) is 32.6. The monoisotopic (exact) mass is 414 g/mol. The molecule has 1 atom stereocenters. The summed E-state index contributed by atoms with van der Waals surface area (Å²) in [5, 5.41) is 3.23. The van der Waals surface area contributed by atoms with Gasteiger partial charge in [-0.15, -0.1) is 0 Å². The van der Waals surface area contributed by atoms with Crippen molar-refractivity contribution in [2.45, 2.75) is 32.6 Å². The Morgan fingerprint density at radius 3 is 2.61 bits per heavy atom. The van der Waals surface area contributed by atoms with E-state index in [-0.39, 0.29) is 11.8 Å². The van der Waals surface area contributed by atoms with Gasteiger partial charge >= 0.3 is 0 Å². The lowest BCUT2D eigenvalue weighted by atomic mass is 9.94. The quantitative estimate of drug-likeness (QED) is 0.634. The predicted octanol–water partition coefficient (Wildman–Crippen LogP) is 4.05. The number of piperidine rings is 1. The normalized spacial score (nSPS) is 16.5. The summed E-state index contributed by atoms with van der Waals surface area (Å²) in [5.74, 6) is 1.27. The fraction of sp³-hybridized carbons (Fsp3) is 0.292. The molecule has 0 aliphatic carbocycles. The molecule has 2 aromatic heterocycles. The standard InChI is InChI=1S/C24H26N6O/c1-17-15-18(2)28-24(27-17)29-23-22(25-12-13-26-23)20-9-6-14-30(16-20)21(31)11-10-19-7-4-3-5-8-19/h3-5,7-8,10-13,15,20H,6,9,14,16H2,1-2H3,(H,26,27,28,29)/b11-10+/t20-/m1/s1. The second-order valence-electron chi connectivity index (χ2n) is 7.76. The fourth-order valence-electron chi connectivity index (χ4n) is 3.87. The molecule has 31 heavy (non-hydrogen) atoms. The molecule has 1 saturated heterocycles. The topological polar surface area (TPSA) is 83.9 Å². The van der Waals surface area contributed by atoms with Gasteiger partial charge in [0.25, 0.3) is 0 Å². The van der Waals surface area contributed by atoms with Gasteiger partial charge in [0.15, 0.2) is 5.82 Å². The molecule has 1 aliphatic rings. The molecule has 1 fully saturated rings. The van der Waals surface area contributed by atoms with Crippen molar-refractivity contribution in [3.63, 3.8) is 0 Å². The maximum absolute atomic E-state index is 12.8. The zero-order valence-corrected chi connectivity index (χ0v) is 17.8. The lowest BCUT2D eigenvalue weighted by molar-refractivity contribution is -0.127. The number of hydrogen-bond donors (Lipinski definition) is 1. The van der Waals surface area contributed by atoms with Crippen LogP contribution in [0.25, 0.3) is 6.08 Å². The van der Waals surface area contributed by atoms with E-state index in [1.54, 1.807) is 18.5 Å². The third-order valence-corrected chi connectivity index (χ3v) is 5.28. The Bertz CT molecular complexity index is 1060. The minimum atomic E-state index is 0.0181. The number of aromatic nitrogens is 4. The summed E-state index contributed by atoms with van der Waals surface area (Å²) in [6, 6.07) is 11.8. The third kappa shape index (κ3) is 5.31. The summed E-state index contributed by atoms with van der Waals surface area (Å²) in [5.41, 5.74) is 3.63. The number of benzene rings is 1. The number of rotatable bonds is 5. The zero-order chi connectivity index (χ0) is 21.6. The first-order valence-corrected chi connectivity index (χ1v) is 10.5. The highest BCUT2D eigenvalue weighted by Crippen LogP contribution is 2.30. The van der Waals surface area contributed by atoms with Crippen LogP contribution in [0.4, 0.5) is 11.8 Å². The van der Waals surface area contributed by atoms with Crippen LogP contribution in [0.1, 0.15) is 41.4 Å². The summed E-state index contributed by atoms with van der Waals surface area (Å²) in [6.07, 6.45) is 8.73. The van der Waals surface area contributed by atoms with Gasteiger partial charge in [0.05, 0.1) is 5.69 Å². The van der Waals surface area contributed by atoms with Crippen molar-refractivity contribution in [1.82, 2.24) is 24.8 Å². The van der Waals surface area contributed by atoms with Crippen LogP contribution in [0.2, 0.25) is 0 Å². The van der Waals surface area contributed by atoms with Crippen LogP contribution < -0.4 is 5.32 Å². The van der Waals surface area contributed by atoms with Crippen LogP contribution in [0.3, 0.4) is 0 Å². The maximum Gasteiger partial charge on any atom is 0.246 e. The first-order chi connectivity index (χ1) is 15.1. The van der Waals surface area contributed by atoms with Crippen LogP contribution in [0.15, 0.2) is 54.9 Å². The predicted molar refractivity (Wildman–Crippen MR) is 121 cm³/mol. The van der Waals surface area contributed by atoms with E-state index in [0.717, 1.165) is 42.0 Å². The van der Waals surface area contributed by atoms with Gasteiger partial charge < -0.3 is 10.2 Å². The van der Waals surface area contributed by atoms with Gasteiger partial charge in [-0.3, -0.25) is 9.78 Å². The zero-order valence-electron chi connectivity index (χ0n) is 17.8. The molecular weight excluding hydrogens is 388 g/mol. The molecule has 0 saturated carbocycles. The van der Waals surface area contributed by atoms with E-state index in [2.05, 4.69) is 25.3 Å². The summed E-state index contributed by atoms with van der Waals surface area (Å²) in [7, 11) is 0. The Labute approximate surface area is 182 Å². The Balaban J connectivity index is 1.49. The van der Waals surface area contributed by atoms with Crippen molar-refractivity contribution in [2.24, 2.45) is 0 Å². The van der Waals surface area contributed by atoms with Gasteiger partial charge in [-0.2, -0.15) is 0 Å². The highest BCUT2D eigenvalue weighted by Gasteiger charge is 2.27. The van der Waals surface area contributed by atoms with E-state index >= 15 is 0 Å². The number of amides is 1. The Morgan fingerprint density at radius 1 is 1.10 bits per heavy atom. The highest BCUT2D eigenvalue weighted by atomic mass is 16.2. The molecule has 1 amide bonds. The first kappa shape index (κ1) is 20.7. The SMILES string of the molecule is Cc1cc(C)nc(Nc2nccnc2[C@@H]2CCCN(C(=O)/C=C/c3ccccc3)C2)n1. The molecule has 0 radical (unpaired) electrons. The summed E-state index contributed by atoms with van der Waals surface area (Å²) < 4.78 is 0. The van der Waals surface area contributed by atoms with Crippen LogP contribution in [0, 0.1) is 13.8 Å². The molecule has 1 N–H and O–H groups in total. The van der Waals surface area contributed by atoms with Gasteiger partial charge in [0.1, 0.15) is 0 Å². The van der Waals surface area contributed by atoms with Crippen molar-refractivity contribution < 1.29 is 4.79 Å². The van der Waals surface area contributed by atoms with Crippen molar-refractivity contribution in [2.75, 3.05) is 18.4 Å². The Hall–Kier alpha value is -3.61. The summed E-state index contributed by atoms with van der Waals surface area (Å²) in [6.45, 7) is 5.23. The average Bonchev–Trinajstić information content (AvgIpc) is 2.78. The number of likely N-dealkylation sites (tertiary alicyclic amines) is 1. The van der Waals surface area contributed by atoms with Gasteiger partial charge in [0, 0.05) is 48.9 Å². The van der Waals surface area contributed by atoms with E-state index in [4.69, 9.17) is 0 Å². The van der Waals surface area contributed by atoms with Gasteiger partial charge in [-0.05, 0) is 44.4 Å². The second kappa shape index (κ2) is 9.47. The number of nitrogens with one attached hydrogen (secondary N) is 1. The Kier molecular flexibility index (Phi) is 6.31. The minimum Gasteiger partial charge on any atom is -0.338 e. The number of hydrogen-bond acceptors (Lipinski definition) is 6. The molecule has 1 aliphatic heterocycles. The molecule has 158 valence electrons. The molecule has 4 rings (SSSR count).